The number of carboxylic acids is 1. The molecule has 124 valence electrons. The first-order valence-corrected chi connectivity index (χ1v) is 7.58. The predicted octanol–water partition coefficient (Wildman–Crippen LogP) is 4.23. The molecule has 0 bridgehead atoms. The smallest absolute Gasteiger partial charge is 0.307 e. The third kappa shape index (κ3) is 2.62. The molecule has 3 rings (SSSR count). The fraction of sp³-hybridized carbons (Fsp3) is 0.211. The number of benzene rings is 2. The molecule has 0 saturated heterocycles. The van der Waals surface area contributed by atoms with Crippen LogP contribution in [-0.2, 0) is 11.2 Å². The van der Waals surface area contributed by atoms with Gasteiger partial charge in [0.2, 0.25) is 0 Å². The van der Waals surface area contributed by atoms with Gasteiger partial charge in [-0.05, 0) is 48.7 Å². The summed E-state index contributed by atoms with van der Waals surface area (Å²) in [6, 6.07) is 8.58. The minimum absolute atomic E-state index is 0.132. The summed E-state index contributed by atoms with van der Waals surface area (Å²) in [5.74, 6) is -1.25. The van der Waals surface area contributed by atoms with E-state index >= 15 is 0 Å². The highest BCUT2D eigenvalue weighted by molar-refractivity contribution is 5.97. The number of aryl methyl sites for hydroxylation is 2. The molecular formula is C19H18FNO3. The molecule has 4 nitrogen and oxygen atoms in total. The van der Waals surface area contributed by atoms with Crippen LogP contribution in [-0.4, -0.2) is 23.2 Å². The third-order valence-corrected chi connectivity index (χ3v) is 4.24. The Kier molecular flexibility index (Phi) is 4.01. The molecule has 0 spiro atoms. The van der Waals surface area contributed by atoms with Crippen molar-refractivity contribution in [2.45, 2.75) is 20.3 Å². The van der Waals surface area contributed by atoms with E-state index in [0.29, 0.717) is 16.8 Å². The molecule has 0 unspecified atom stereocenters. The van der Waals surface area contributed by atoms with Crippen molar-refractivity contribution < 1.29 is 19.0 Å². The molecule has 0 radical (unpaired) electrons. The number of methoxy groups -OCH3 is 1. The molecule has 0 saturated carbocycles. The van der Waals surface area contributed by atoms with E-state index < -0.39 is 11.8 Å². The van der Waals surface area contributed by atoms with E-state index in [0.717, 1.165) is 22.0 Å². The van der Waals surface area contributed by atoms with Gasteiger partial charge in [-0.2, -0.15) is 0 Å². The zero-order chi connectivity index (χ0) is 17.4. The molecule has 0 fully saturated rings. The second kappa shape index (κ2) is 6.00. The van der Waals surface area contributed by atoms with Gasteiger partial charge >= 0.3 is 5.97 Å². The first-order valence-electron chi connectivity index (χ1n) is 7.58. The Morgan fingerprint density at radius 1 is 1.21 bits per heavy atom. The lowest BCUT2D eigenvalue weighted by Crippen LogP contribution is -2.01. The third-order valence-electron chi connectivity index (χ3n) is 4.24. The minimum Gasteiger partial charge on any atom is -0.494 e. The fourth-order valence-electron chi connectivity index (χ4n) is 3.08. The number of rotatable bonds is 4. The van der Waals surface area contributed by atoms with Gasteiger partial charge in [-0.3, -0.25) is 4.79 Å². The zero-order valence-electron chi connectivity index (χ0n) is 13.7. The van der Waals surface area contributed by atoms with E-state index in [2.05, 4.69) is 4.98 Å². The summed E-state index contributed by atoms with van der Waals surface area (Å²) < 4.78 is 19.0. The predicted molar refractivity (Wildman–Crippen MR) is 91.1 cm³/mol. The number of carbonyl (C=O) groups is 1. The number of aliphatic carboxylic acids is 1. The Balaban J connectivity index is 2.31. The van der Waals surface area contributed by atoms with Crippen molar-refractivity contribution >= 4 is 16.9 Å². The highest BCUT2D eigenvalue weighted by Gasteiger charge is 2.19. The Morgan fingerprint density at radius 3 is 2.54 bits per heavy atom. The summed E-state index contributed by atoms with van der Waals surface area (Å²) in [6.07, 6.45) is -0.132. The molecule has 24 heavy (non-hydrogen) atoms. The van der Waals surface area contributed by atoms with Gasteiger partial charge in [-0.25, -0.2) is 4.39 Å². The Labute approximate surface area is 138 Å². The van der Waals surface area contributed by atoms with Crippen LogP contribution in [0.25, 0.3) is 22.2 Å². The zero-order valence-corrected chi connectivity index (χ0v) is 13.7. The summed E-state index contributed by atoms with van der Waals surface area (Å²) in [4.78, 5) is 14.6. The van der Waals surface area contributed by atoms with Crippen LogP contribution in [0.1, 0.15) is 16.7 Å². The monoisotopic (exact) mass is 327 g/mol. The van der Waals surface area contributed by atoms with Crippen molar-refractivity contribution in [3.63, 3.8) is 0 Å². The number of carboxylic acid groups (broad SMARTS) is 1. The molecule has 2 N–H and O–H groups in total. The highest BCUT2D eigenvalue weighted by Crippen LogP contribution is 2.35. The van der Waals surface area contributed by atoms with Crippen molar-refractivity contribution in [3.8, 4) is 17.0 Å². The van der Waals surface area contributed by atoms with Crippen LogP contribution in [0.5, 0.6) is 5.75 Å². The summed E-state index contributed by atoms with van der Waals surface area (Å²) >= 11 is 0. The normalized spacial score (nSPS) is 11.0. The second-order valence-corrected chi connectivity index (χ2v) is 5.85. The highest BCUT2D eigenvalue weighted by atomic mass is 19.1. The first-order chi connectivity index (χ1) is 11.4. The maximum Gasteiger partial charge on any atom is 0.307 e. The number of H-pyrrole nitrogens is 1. The quantitative estimate of drug-likeness (QED) is 0.754. The lowest BCUT2D eigenvalue weighted by Gasteiger charge is -2.07. The molecular weight excluding hydrogens is 309 g/mol. The molecule has 0 aliphatic rings. The summed E-state index contributed by atoms with van der Waals surface area (Å²) in [5.41, 5.74) is 4.79. The van der Waals surface area contributed by atoms with Crippen LogP contribution >= 0.6 is 0 Å². The summed E-state index contributed by atoms with van der Waals surface area (Å²) in [7, 11) is 1.41. The van der Waals surface area contributed by atoms with E-state index in [1.807, 2.05) is 26.0 Å². The van der Waals surface area contributed by atoms with Gasteiger partial charge in [0.1, 0.15) is 0 Å². The molecule has 5 heteroatoms. The van der Waals surface area contributed by atoms with E-state index in [4.69, 9.17) is 4.74 Å². The van der Waals surface area contributed by atoms with E-state index in [-0.39, 0.29) is 12.2 Å². The minimum atomic E-state index is -0.924. The van der Waals surface area contributed by atoms with Crippen LogP contribution < -0.4 is 4.74 Å². The number of hydrogen-bond donors (Lipinski definition) is 2. The number of nitrogens with one attached hydrogen (secondary N) is 1. The van der Waals surface area contributed by atoms with E-state index in [1.165, 1.54) is 13.2 Å². The average molecular weight is 327 g/mol. The molecule has 1 heterocycles. The standard InChI is InChI=1S/C19H18FNO3/c1-10-4-5-11(2)18-17(10)13(9-16(22)23)19(21-18)12-6-7-15(24-3)14(20)8-12/h4-8,21H,9H2,1-3H3,(H,22,23). The number of hydrogen-bond acceptors (Lipinski definition) is 2. The van der Waals surface area contributed by atoms with Gasteiger partial charge in [0.25, 0.3) is 0 Å². The van der Waals surface area contributed by atoms with Gasteiger partial charge in [-0.15, -0.1) is 0 Å². The molecule has 0 aliphatic carbocycles. The van der Waals surface area contributed by atoms with Gasteiger partial charge in [-0.1, -0.05) is 12.1 Å². The van der Waals surface area contributed by atoms with Crippen molar-refractivity contribution in [3.05, 3.63) is 52.8 Å². The number of aromatic nitrogens is 1. The maximum absolute atomic E-state index is 14.1. The van der Waals surface area contributed by atoms with Gasteiger partial charge in [0, 0.05) is 16.5 Å². The molecule has 0 atom stereocenters. The van der Waals surface area contributed by atoms with E-state index in [1.54, 1.807) is 12.1 Å². The van der Waals surface area contributed by atoms with Crippen LogP contribution in [0.3, 0.4) is 0 Å². The molecule has 1 aromatic heterocycles. The van der Waals surface area contributed by atoms with Crippen molar-refractivity contribution in [1.82, 2.24) is 4.98 Å². The van der Waals surface area contributed by atoms with Crippen LogP contribution in [0, 0.1) is 19.7 Å². The summed E-state index contributed by atoms with van der Waals surface area (Å²) in [6.45, 7) is 3.90. The van der Waals surface area contributed by atoms with Gasteiger partial charge in [0.15, 0.2) is 11.6 Å². The van der Waals surface area contributed by atoms with Crippen LogP contribution in [0.15, 0.2) is 30.3 Å². The van der Waals surface area contributed by atoms with Crippen LogP contribution in [0.4, 0.5) is 4.39 Å². The lowest BCUT2D eigenvalue weighted by molar-refractivity contribution is -0.136. The van der Waals surface area contributed by atoms with Crippen molar-refractivity contribution in [2.75, 3.05) is 7.11 Å². The Morgan fingerprint density at radius 2 is 1.92 bits per heavy atom. The SMILES string of the molecule is COc1ccc(-c2[nH]c3c(C)ccc(C)c3c2CC(=O)O)cc1F. The largest absolute Gasteiger partial charge is 0.494 e. The first kappa shape index (κ1) is 16.1. The molecule has 2 aromatic carbocycles. The van der Waals surface area contributed by atoms with Crippen molar-refractivity contribution in [2.24, 2.45) is 0 Å². The lowest BCUT2D eigenvalue weighted by atomic mass is 9.98. The number of ether oxygens (including phenoxy) is 1. The van der Waals surface area contributed by atoms with Gasteiger partial charge < -0.3 is 14.8 Å². The van der Waals surface area contributed by atoms with Crippen LogP contribution in [0.2, 0.25) is 0 Å². The van der Waals surface area contributed by atoms with Crippen molar-refractivity contribution in [1.29, 1.82) is 0 Å². The van der Waals surface area contributed by atoms with E-state index in [9.17, 15) is 14.3 Å². The fourth-order valence-corrected chi connectivity index (χ4v) is 3.08. The topological polar surface area (TPSA) is 62.3 Å². The number of halogens is 1. The molecule has 0 aliphatic heterocycles. The maximum atomic E-state index is 14.1. The summed E-state index contributed by atoms with van der Waals surface area (Å²) in [5, 5.41) is 10.2. The Hall–Kier alpha value is -2.82. The molecule has 0 amide bonds. The Bertz CT molecular complexity index is 943. The average Bonchev–Trinajstić information content (AvgIpc) is 2.91. The molecule has 3 aromatic rings. The second-order valence-electron chi connectivity index (χ2n) is 5.85. The number of fused-ring (bicyclic) bond motifs is 1. The number of aromatic amines is 1. The van der Waals surface area contributed by atoms with Gasteiger partial charge in [0.05, 0.1) is 19.2 Å².